The molecular formula is C30H50N3O8S6. The summed E-state index contributed by atoms with van der Waals surface area (Å²) in [7, 11) is 8.30. The third kappa shape index (κ3) is 19.5. The van der Waals surface area contributed by atoms with Gasteiger partial charge in [-0.25, -0.2) is 4.79 Å². The Labute approximate surface area is 302 Å². The monoisotopic (exact) mass is 772 g/mol. The highest BCUT2D eigenvalue weighted by atomic mass is 33.2. The van der Waals surface area contributed by atoms with E-state index in [-0.39, 0.29) is 48.0 Å². The minimum atomic E-state index is -1.52. The molecule has 6 N–H and O–H groups in total. The molecule has 0 spiro atoms. The van der Waals surface area contributed by atoms with Crippen LogP contribution in [0.25, 0.3) is 0 Å². The maximum Gasteiger partial charge on any atom is 0.326 e. The lowest BCUT2D eigenvalue weighted by molar-refractivity contribution is -0.142. The molecule has 11 nitrogen and oxygen atoms in total. The van der Waals surface area contributed by atoms with E-state index in [0.29, 0.717) is 32.2 Å². The number of amides is 2. The number of ketones is 1. The molecule has 0 aliphatic carbocycles. The van der Waals surface area contributed by atoms with Crippen molar-refractivity contribution in [1.82, 2.24) is 16.0 Å². The molecule has 2 unspecified atom stereocenters. The number of fused-ring (bicyclic) bond motifs is 3. The summed E-state index contributed by atoms with van der Waals surface area (Å²) in [5.74, 6) is -2.73. The van der Waals surface area contributed by atoms with Gasteiger partial charge in [-0.05, 0) is 60.1 Å². The Morgan fingerprint density at radius 3 is 2.00 bits per heavy atom. The second-order valence-corrected chi connectivity index (χ2v) is 19.5. The summed E-state index contributed by atoms with van der Waals surface area (Å²) in [6, 6.07) is -1.60. The molecule has 17 heteroatoms. The molecule has 1 radical (unpaired) electrons. The number of hydrogen-bond donors (Lipinski definition) is 6. The Bertz CT molecular complexity index is 984. The van der Waals surface area contributed by atoms with Gasteiger partial charge in [-0.15, -0.1) is 0 Å². The van der Waals surface area contributed by atoms with E-state index in [1.54, 1.807) is 21.6 Å². The third-order valence-electron chi connectivity index (χ3n) is 7.68. The van der Waals surface area contributed by atoms with Crippen molar-refractivity contribution in [2.24, 2.45) is 0 Å². The van der Waals surface area contributed by atoms with Gasteiger partial charge in [-0.1, -0.05) is 107 Å². The summed E-state index contributed by atoms with van der Waals surface area (Å²) < 4.78 is -1.57. The molecule has 2 bridgehead atoms. The van der Waals surface area contributed by atoms with Crippen LogP contribution in [0.4, 0.5) is 0 Å². The zero-order chi connectivity index (χ0) is 34.3. The van der Waals surface area contributed by atoms with E-state index in [9.17, 15) is 34.2 Å². The van der Waals surface area contributed by atoms with E-state index < -0.39 is 28.3 Å². The highest BCUT2D eigenvalue weighted by Gasteiger charge is 2.47. The van der Waals surface area contributed by atoms with Crippen LogP contribution >= 0.6 is 64.8 Å². The second-order valence-electron chi connectivity index (χ2n) is 11.6. The molecule has 2 fully saturated rings. The summed E-state index contributed by atoms with van der Waals surface area (Å²) in [5, 5.41) is 39.6. The fourth-order valence-electron chi connectivity index (χ4n) is 5.04. The van der Waals surface area contributed by atoms with E-state index in [2.05, 4.69) is 16.0 Å². The van der Waals surface area contributed by atoms with Gasteiger partial charge in [0.25, 0.3) is 0 Å². The number of aliphatic hydroxyl groups is 1. The number of carbonyl (C=O) groups excluding carboxylic acids is 3. The van der Waals surface area contributed by atoms with Crippen LogP contribution < -0.4 is 16.0 Å². The largest absolute Gasteiger partial charge is 0.481 e. The molecule has 2 aliphatic heterocycles. The van der Waals surface area contributed by atoms with Gasteiger partial charge in [0, 0.05) is 25.8 Å². The molecule has 0 aromatic heterocycles. The van der Waals surface area contributed by atoms with Crippen LogP contribution in [0, 0.1) is 5.08 Å². The predicted octanol–water partition coefficient (Wildman–Crippen LogP) is 6.92. The van der Waals surface area contributed by atoms with Crippen molar-refractivity contribution in [2.75, 3.05) is 6.54 Å². The molecule has 4 atom stereocenters. The van der Waals surface area contributed by atoms with Crippen LogP contribution in [0.2, 0.25) is 0 Å². The van der Waals surface area contributed by atoms with Crippen molar-refractivity contribution in [2.45, 2.75) is 143 Å². The Balaban J connectivity index is 1.50. The summed E-state index contributed by atoms with van der Waals surface area (Å²) >= 11 is 0. The Morgan fingerprint density at radius 2 is 1.38 bits per heavy atom. The summed E-state index contributed by atoms with van der Waals surface area (Å²) in [4.78, 5) is 59.8. The van der Waals surface area contributed by atoms with E-state index in [4.69, 9.17) is 5.11 Å². The van der Waals surface area contributed by atoms with Crippen LogP contribution in [0.3, 0.4) is 0 Å². The lowest BCUT2D eigenvalue weighted by atomic mass is 10.0. The fourth-order valence-corrected chi connectivity index (χ4v) is 14.8. The summed E-state index contributed by atoms with van der Waals surface area (Å²) in [6.07, 6.45) is 14.8. The molecule has 0 saturated carbocycles. The predicted molar refractivity (Wildman–Crippen MR) is 198 cm³/mol. The molecule has 47 heavy (non-hydrogen) atoms. The van der Waals surface area contributed by atoms with Gasteiger partial charge in [0.05, 0.1) is 11.1 Å². The number of carbonyl (C=O) groups is 5. The maximum atomic E-state index is 13.0. The van der Waals surface area contributed by atoms with E-state index in [1.165, 1.54) is 51.6 Å². The smallest absolute Gasteiger partial charge is 0.326 e. The van der Waals surface area contributed by atoms with Crippen LogP contribution in [-0.4, -0.2) is 72.5 Å². The molecule has 2 aliphatic rings. The Hall–Kier alpha value is -0.430. The van der Waals surface area contributed by atoms with Crippen LogP contribution in [0.1, 0.15) is 122 Å². The van der Waals surface area contributed by atoms with Gasteiger partial charge in [0.2, 0.25) is 21.9 Å². The summed E-state index contributed by atoms with van der Waals surface area (Å²) in [5.41, 5.74) is 0. The van der Waals surface area contributed by atoms with Crippen molar-refractivity contribution >= 4 is 94.3 Å². The molecule has 0 aromatic rings. The number of hydrogen-bond acceptors (Lipinski definition) is 13. The second kappa shape index (κ2) is 25.5. The molecule has 0 aromatic carbocycles. The number of carboxylic acids is 2. The quantitative estimate of drug-likeness (QED) is 0.0415. The van der Waals surface area contributed by atoms with Crippen molar-refractivity contribution in [3.63, 3.8) is 0 Å². The first kappa shape index (κ1) is 42.7. The maximum absolute atomic E-state index is 13.0. The highest BCUT2D eigenvalue weighted by Crippen LogP contribution is 2.58. The lowest BCUT2D eigenvalue weighted by Gasteiger charge is -2.25. The zero-order valence-electron chi connectivity index (χ0n) is 26.8. The molecule has 2 amide bonds. The Kier molecular flexibility index (Phi) is 23.2. The first-order valence-corrected chi connectivity index (χ1v) is 23.2. The molecular weight excluding hydrogens is 723 g/mol. The van der Waals surface area contributed by atoms with Crippen LogP contribution in [-0.2, 0) is 24.0 Å². The van der Waals surface area contributed by atoms with E-state index >= 15 is 0 Å². The summed E-state index contributed by atoms with van der Waals surface area (Å²) in [6.45, 7) is 0.390. The molecule has 2 saturated heterocycles. The number of Topliss-reactive ketones (excluding diaryl/α,β-unsaturated/α-hetero) is 1. The van der Waals surface area contributed by atoms with Crippen LogP contribution in [0.15, 0.2) is 0 Å². The lowest BCUT2D eigenvalue weighted by Crippen LogP contribution is -2.46. The topological polar surface area (TPSA) is 182 Å². The highest BCUT2D eigenvalue weighted by molar-refractivity contribution is 8.94. The Morgan fingerprint density at radius 1 is 0.766 bits per heavy atom. The van der Waals surface area contributed by atoms with E-state index in [0.717, 1.165) is 62.2 Å². The van der Waals surface area contributed by atoms with Gasteiger partial charge in [0.1, 0.15) is 10.7 Å². The molecule has 269 valence electrons. The normalized spacial score (nSPS) is 22.0. The third-order valence-corrected chi connectivity index (χ3v) is 17.5. The van der Waals surface area contributed by atoms with Gasteiger partial charge < -0.3 is 26.0 Å². The number of unbranched alkanes of at least 4 members (excludes halogenated alkanes) is 12. The van der Waals surface area contributed by atoms with Crippen LogP contribution in [0.5, 0.6) is 0 Å². The standard InChI is InChI=1S/C30H50N3O8S6/c34-24(31-20-14-13-15-22-27(38)30(41)46-43-21-42-44-29(33-22)45-47-30)19-18-23(28(39)40)32-25(35)16-11-9-7-5-3-1-2-4-6-8-10-12-17-26(36)37/h21-23,29,33,41H,1-20H2,(H,31,34)(H,32,35)(H,36,37)(H,39,40)/t22-,23-,29?,30?/m0/s1. The van der Waals surface area contributed by atoms with Gasteiger partial charge in [0.15, 0.2) is 0 Å². The molecule has 2 heterocycles. The zero-order valence-corrected chi connectivity index (χ0v) is 31.7. The van der Waals surface area contributed by atoms with Crippen molar-refractivity contribution < 1.29 is 39.3 Å². The first-order chi connectivity index (χ1) is 22.6. The fraction of sp³-hybridized carbons (Fsp3) is 0.800. The molecule has 2 rings (SSSR count). The van der Waals surface area contributed by atoms with E-state index in [1.807, 2.05) is 5.08 Å². The number of rotatable bonds is 25. The minimum Gasteiger partial charge on any atom is -0.481 e. The first-order valence-electron chi connectivity index (χ1n) is 16.5. The SMILES string of the molecule is O=C(O)CCCCCCCCCCCCCCC(=O)N[C@@H](CCC(=O)NCCCC[C@@H]1NC2SS[CH]SSC(O)(SS2)C1=O)C(=O)O. The minimum absolute atomic E-state index is 0.00777. The van der Waals surface area contributed by atoms with Crippen molar-refractivity contribution in [1.29, 1.82) is 0 Å². The van der Waals surface area contributed by atoms with Gasteiger partial charge in [-0.3, -0.25) is 24.5 Å². The number of carboxylic acid groups (broad SMARTS) is 2. The van der Waals surface area contributed by atoms with Gasteiger partial charge >= 0.3 is 11.9 Å². The van der Waals surface area contributed by atoms with Gasteiger partial charge in [-0.2, -0.15) is 0 Å². The number of nitrogens with one attached hydrogen (secondary N) is 3. The van der Waals surface area contributed by atoms with Crippen molar-refractivity contribution in [3.8, 4) is 0 Å². The average Bonchev–Trinajstić information content (AvgIpc) is 3.08. The van der Waals surface area contributed by atoms with Crippen molar-refractivity contribution in [3.05, 3.63) is 5.08 Å². The number of aliphatic carboxylic acids is 2. The average molecular weight is 773 g/mol.